The van der Waals surface area contributed by atoms with Crippen LogP contribution >= 0.6 is 0 Å². The number of rotatable bonds is 6. The van der Waals surface area contributed by atoms with Crippen LogP contribution in [0.25, 0.3) is 0 Å². The van der Waals surface area contributed by atoms with E-state index in [9.17, 15) is 20.1 Å². The van der Waals surface area contributed by atoms with Gasteiger partial charge in [0.15, 0.2) is 6.10 Å². The Labute approximate surface area is 203 Å². The molecule has 0 amide bonds. The number of aliphatic hydroxyl groups excluding tert-OH is 3. The maximum atomic E-state index is 13.0. The summed E-state index contributed by atoms with van der Waals surface area (Å²) in [6, 6.07) is 7.78. The first-order chi connectivity index (χ1) is 16.1. The molecule has 1 aromatic rings. The number of ether oxygens (including phenoxy) is 3. The number of carbonyl (C=O) groups is 1. The minimum atomic E-state index is -1.47. The van der Waals surface area contributed by atoms with Gasteiger partial charge in [-0.3, -0.25) is 0 Å². The van der Waals surface area contributed by atoms with Crippen LogP contribution in [-0.4, -0.2) is 72.6 Å². The molecule has 1 aromatic carbocycles. The molecule has 0 fully saturated rings. The fourth-order valence-electron chi connectivity index (χ4n) is 4.39. The maximum Gasteiger partial charge on any atom is 0.338 e. The largest absolute Gasteiger partial charge is 0.456 e. The van der Waals surface area contributed by atoms with Gasteiger partial charge in [0.1, 0.15) is 6.10 Å². The van der Waals surface area contributed by atoms with Crippen LogP contribution in [0.2, 0.25) is 0 Å². The third-order valence-electron chi connectivity index (χ3n) is 7.16. The third kappa shape index (κ3) is 7.12. The average Bonchev–Trinajstić information content (AvgIpc) is 2.83. The molecule has 0 saturated carbocycles. The maximum absolute atomic E-state index is 13.0. The van der Waals surface area contributed by atoms with E-state index in [4.69, 9.17) is 14.2 Å². The van der Waals surface area contributed by atoms with Gasteiger partial charge in [0, 0.05) is 51.4 Å². The molecule has 1 heterocycles. The van der Waals surface area contributed by atoms with Gasteiger partial charge in [0.25, 0.3) is 0 Å². The van der Waals surface area contributed by atoms with E-state index in [1.165, 1.54) is 7.11 Å². The van der Waals surface area contributed by atoms with E-state index in [1.807, 2.05) is 58.0 Å². The summed E-state index contributed by atoms with van der Waals surface area (Å²) in [6.07, 6.45) is -0.433. The molecule has 192 valence electrons. The zero-order chi connectivity index (χ0) is 25.5. The second-order valence-electron chi connectivity index (χ2n) is 9.88. The van der Waals surface area contributed by atoms with Crippen molar-refractivity contribution < 1.29 is 34.3 Å². The summed E-state index contributed by atoms with van der Waals surface area (Å²) in [5.41, 5.74) is 2.05. The number of hydrogen-bond acceptors (Lipinski definition) is 7. The first-order valence-electron chi connectivity index (χ1n) is 12.1. The van der Waals surface area contributed by atoms with Gasteiger partial charge < -0.3 is 29.5 Å². The first-order valence-corrected chi connectivity index (χ1v) is 12.1. The van der Waals surface area contributed by atoms with Gasteiger partial charge in [-0.2, -0.15) is 0 Å². The summed E-state index contributed by atoms with van der Waals surface area (Å²) in [5.74, 6) is -0.843. The highest BCUT2D eigenvalue weighted by Gasteiger charge is 2.36. The second kappa shape index (κ2) is 12.8. The van der Waals surface area contributed by atoms with E-state index < -0.39 is 41.9 Å². The van der Waals surface area contributed by atoms with E-state index in [1.54, 1.807) is 7.11 Å². The molecule has 1 aliphatic heterocycles. The summed E-state index contributed by atoms with van der Waals surface area (Å²) >= 11 is 0. The molecule has 2 bridgehead atoms. The van der Waals surface area contributed by atoms with Crippen LogP contribution in [0.5, 0.6) is 0 Å². The molecule has 0 spiro atoms. The summed E-state index contributed by atoms with van der Waals surface area (Å²) in [5, 5.41) is 31.6. The van der Waals surface area contributed by atoms with Gasteiger partial charge in [-0.1, -0.05) is 51.1 Å². The number of esters is 1. The van der Waals surface area contributed by atoms with E-state index in [0.717, 1.165) is 23.1 Å². The van der Waals surface area contributed by atoms with Crippen molar-refractivity contribution in [2.24, 2.45) is 5.92 Å². The van der Waals surface area contributed by atoms with Crippen LogP contribution in [-0.2, 0) is 30.8 Å². The lowest BCUT2D eigenvalue weighted by atomic mass is 9.76. The smallest absolute Gasteiger partial charge is 0.338 e. The van der Waals surface area contributed by atoms with E-state index in [2.05, 4.69) is 0 Å². The monoisotopic (exact) mass is 478 g/mol. The van der Waals surface area contributed by atoms with Crippen molar-refractivity contribution in [1.82, 2.24) is 0 Å². The standard InChI is InChI=1S/C27H42O7/c1-7-18(16-28)11-17(2)22-14-21(32-5)15-24(29)27(3,4)20-10-8-9-19(12-20)13-23(33-6)25(30)26(31)34-22/h8-12,18,21-25,28-30H,7,13-16H2,1-6H3/b17-11-/t18-,21+,22?,23+,24-,25-/m0/s1. The van der Waals surface area contributed by atoms with Crippen molar-refractivity contribution in [2.45, 2.75) is 89.3 Å². The predicted molar refractivity (Wildman–Crippen MR) is 131 cm³/mol. The molecule has 1 aliphatic rings. The Balaban J connectivity index is 2.50. The fraction of sp³-hybridized carbons (Fsp3) is 0.667. The predicted octanol–water partition coefficient (Wildman–Crippen LogP) is 2.93. The van der Waals surface area contributed by atoms with E-state index in [0.29, 0.717) is 19.3 Å². The van der Waals surface area contributed by atoms with Crippen LogP contribution in [0.4, 0.5) is 0 Å². The quantitative estimate of drug-likeness (QED) is 0.426. The third-order valence-corrected chi connectivity index (χ3v) is 7.16. The molecule has 7 heteroatoms. The molecule has 0 radical (unpaired) electrons. The molecule has 6 atom stereocenters. The van der Waals surface area contributed by atoms with Crippen molar-refractivity contribution in [1.29, 1.82) is 0 Å². The van der Waals surface area contributed by atoms with Crippen molar-refractivity contribution >= 4 is 5.97 Å². The van der Waals surface area contributed by atoms with Gasteiger partial charge in [0.05, 0.1) is 18.3 Å². The van der Waals surface area contributed by atoms with Crippen molar-refractivity contribution in [3.05, 3.63) is 47.0 Å². The van der Waals surface area contributed by atoms with Crippen LogP contribution < -0.4 is 0 Å². The summed E-state index contributed by atoms with van der Waals surface area (Å²) in [4.78, 5) is 13.0. The van der Waals surface area contributed by atoms with Gasteiger partial charge in [-0.05, 0) is 30.0 Å². The summed E-state index contributed by atoms with van der Waals surface area (Å²) in [6.45, 7) is 7.79. The Hall–Kier alpha value is -1.77. The Morgan fingerprint density at radius 1 is 1.24 bits per heavy atom. The van der Waals surface area contributed by atoms with Gasteiger partial charge in [0.2, 0.25) is 0 Å². The highest BCUT2D eigenvalue weighted by Crippen LogP contribution is 2.32. The first kappa shape index (κ1) is 28.5. The Bertz CT molecular complexity index is 815. The SMILES string of the molecule is CC[C@@H](/C=C(/C)C1C[C@@H](OC)C[C@H](O)C(C)(C)c2cccc(c2)C[C@@H](OC)[C@H](O)C(=O)O1)CO. The van der Waals surface area contributed by atoms with Gasteiger partial charge in [-0.25, -0.2) is 4.79 Å². The van der Waals surface area contributed by atoms with E-state index >= 15 is 0 Å². The summed E-state index contributed by atoms with van der Waals surface area (Å²) < 4.78 is 17.0. The zero-order valence-corrected chi connectivity index (χ0v) is 21.4. The number of benzene rings is 1. The number of cyclic esters (lactones) is 1. The average molecular weight is 479 g/mol. The lowest BCUT2D eigenvalue weighted by Crippen LogP contribution is -2.42. The second-order valence-corrected chi connectivity index (χ2v) is 9.88. The van der Waals surface area contributed by atoms with Crippen molar-refractivity contribution in [3.8, 4) is 0 Å². The lowest BCUT2D eigenvalue weighted by molar-refractivity contribution is -0.166. The minimum Gasteiger partial charge on any atom is -0.456 e. The molecule has 2 rings (SSSR count). The molecule has 7 nitrogen and oxygen atoms in total. The van der Waals surface area contributed by atoms with E-state index in [-0.39, 0.29) is 12.5 Å². The number of fused-ring (bicyclic) bond motifs is 2. The molecule has 0 saturated heterocycles. The molecule has 34 heavy (non-hydrogen) atoms. The Morgan fingerprint density at radius 2 is 1.94 bits per heavy atom. The van der Waals surface area contributed by atoms with Crippen LogP contribution in [0.15, 0.2) is 35.9 Å². The highest BCUT2D eigenvalue weighted by atomic mass is 16.6. The van der Waals surface area contributed by atoms with Crippen LogP contribution in [0.1, 0.15) is 58.1 Å². The number of methoxy groups -OCH3 is 2. The normalized spacial score (nSPS) is 29.7. The Morgan fingerprint density at radius 3 is 2.53 bits per heavy atom. The Kier molecular flexibility index (Phi) is 10.7. The molecule has 1 unspecified atom stereocenters. The van der Waals surface area contributed by atoms with Gasteiger partial charge >= 0.3 is 5.97 Å². The number of aliphatic hydroxyl groups is 3. The molecular formula is C27H42O7. The molecule has 0 aliphatic carbocycles. The summed E-state index contributed by atoms with van der Waals surface area (Å²) in [7, 11) is 3.03. The van der Waals surface area contributed by atoms with Crippen LogP contribution in [0.3, 0.4) is 0 Å². The number of carbonyl (C=O) groups excluding carboxylic acids is 1. The number of hydrogen-bond donors (Lipinski definition) is 3. The highest BCUT2D eigenvalue weighted by molar-refractivity contribution is 5.75. The van der Waals surface area contributed by atoms with Crippen LogP contribution in [0, 0.1) is 5.92 Å². The minimum absolute atomic E-state index is 0.0127. The molecular weight excluding hydrogens is 436 g/mol. The molecule has 0 aromatic heterocycles. The van der Waals surface area contributed by atoms with Crippen molar-refractivity contribution in [2.75, 3.05) is 20.8 Å². The fourth-order valence-corrected chi connectivity index (χ4v) is 4.39. The zero-order valence-electron chi connectivity index (χ0n) is 21.4. The molecule has 3 N–H and O–H groups in total. The van der Waals surface area contributed by atoms with Crippen molar-refractivity contribution in [3.63, 3.8) is 0 Å². The lowest BCUT2D eigenvalue weighted by Gasteiger charge is -2.35. The van der Waals surface area contributed by atoms with Gasteiger partial charge in [-0.15, -0.1) is 0 Å². The topological polar surface area (TPSA) is 105 Å².